The average molecular weight is 273 g/mol. The number of nitro benzene ring substituents is 1. The maximum atomic E-state index is 10.9. The van der Waals surface area contributed by atoms with Gasteiger partial charge in [-0.25, -0.2) is 0 Å². The highest BCUT2D eigenvalue weighted by atomic mass is 28.2. The van der Waals surface area contributed by atoms with Gasteiger partial charge in [-0.1, -0.05) is 42.0 Å². The second kappa shape index (κ2) is 6.26. The second-order valence-corrected chi connectivity index (χ2v) is 5.76. The number of benzene rings is 2. The van der Waals surface area contributed by atoms with Crippen LogP contribution in [-0.2, 0) is 11.0 Å². The van der Waals surface area contributed by atoms with Gasteiger partial charge in [0.05, 0.1) is 17.1 Å². The summed E-state index contributed by atoms with van der Waals surface area (Å²) in [6.45, 7) is 2.36. The van der Waals surface area contributed by atoms with Gasteiger partial charge in [-0.2, -0.15) is 0 Å². The number of para-hydroxylation sites is 1. The maximum Gasteiger partial charge on any atom is 0.274 e. The fourth-order valence-electron chi connectivity index (χ4n) is 1.85. The van der Waals surface area contributed by atoms with Crippen LogP contribution in [0.25, 0.3) is 0 Å². The molecule has 2 aromatic rings. The lowest BCUT2D eigenvalue weighted by Crippen LogP contribution is -2.20. The Morgan fingerprint density at radius 1 is 1.16 bits per heavy atom. The molecule has 0 aliphatic rings. The third kappa shape index (κ3) is 3.49. The van der Waals surface area contributed by atoms with E-state index in [-0.39, 0.29) is 10.6 Å². The smallest absolute Gasteiger partial charge is 0.274 e. The summed E-state index contributed by atoms with van der Waals surface area (Å²) in [5, 5.41) is 12.1. The number of nitrogens with zero attached hydrogens (tertiary/aromatic N) is 1. The third-order valence-electron chi connectivity index (χ3n) is 2.96. The molecule has 0 saturated carbocycles. The average Bonchev–Trinajstić information content (AvgIpc) is 2.41. The Kier molecular flexibility index (Phi) is 4.43. The summed E-state index contributed by atoms with van der Waals surface area (Å²) in [5.41, 5.74) is 1.98. The van der Waals surface area contributed by atoms with Crippen LogP contribution >= 0.6 is 0 Å². The minimum Gasteiger partial charge on any atom is -0.414 e. The van der Waals surface area contributed by atoms with Gasteiger partial charge in [-0.05, 0) is 18.2 Å². The van der Waals surface area contributed by atoms with E-state index in [1.54, 1.807) is 18.2 Å². The molecular weight excluding hydrogens is 258 g/mol. The van der Waals surface area contributed by atoms with Crippen LogP contribution in [0.15, 0.2) is 48.5 Å². The van der Waals surface area contributed by atoms with Gasteiger partial charge in [0.1, 0.15) is 0 Å². The van der Waals surface area contributed by atoms with Gasteiger partial charge >= 0.3 is 0 Å². The summed E-state index contributed by atoms with van der Waals surface area (Å²) in [5.74, 6) is 0. The molecule has 0 radical (unpaired) electrons. The molecule has 0 bridgehead atoms. The van der Waals surface area contributed by atoms with Gasteiger partial charge < -0.3 is 4.43 Å². The summed E-state index contributed by atoms with van der Waals surface area (Å²) in [6, 6.07) is 14.8. The van der Waals surface area contributed by atoms with E-state index in [1.807, 2.05) is 12.1 Å². The van der Waals surface area contributed by atoms with Crippen molar-refractivity contribution in [2.45, 2.75) is 13.5 Å². The summed E-state index contributed by atoms with van der Waals surface area (Å²) in [6.07, 6.45) is 0. The molecule has 0 amide bonds. The van der Waals surface area contributed by atoms with Crippen molar-refractivity contribution >= 4 is 20.6 Å². The van der Waals surface area contributed by atoms with Crippen LogP contribution in [0.5, 0.6) is 0 Å². The summed E-state index contributed by atoms with van der Waals surface area (Å²) in [7, 11) is -0.847. The zero-order chi connectivity index (χ0) is 13.7. The van der Waals surface area contributed by atoms with Crippen LogP contribution in [0.1, 0.15) is 11.1 Å². The number of nitro groups is 1. The number of hydrogen-bond donors (Lipinski definition) is 0. The first-order chi connectivity index (χ1) is 9.18. The standard InChI is InChI=1S/C14H15NO3Si/c1-11-6-2-5-9-14(11)19-18-10-12-7-3-4-8-13(12)15(16)17/h2-9H,10,19H2,1H3. The quantitative estimate of drug-likeness (QED) is 0.474. The van der Waals surface area contributed by atoms with Crippen molar-refractivity contribution in [3.8, 4) is 0 Å². The number of rotatable bonds is 5. The molecule has 2 aromatic carbocycles. The molecule has 0 unspecified atom stereocenters. The lowest BCUT2D eigenvalue weighted by atomic mass is 10.2. The van der Waals surface area contributed by atoms with Crippen molar-refractivity contribution in [1.29, 1.82) is 0 Å². The van der Waals surface area contributed by atoms with Crippen molar-refractivity contribution < 1.29 is 9.35 Å². The SMILES string of the molecule is Cc1ccccc1[SiH2]OCc1ccccc1[N+](=O)[O-]. The van der Waals surface area contributed by atoms with Crippen LogP contribution < -0.4 is 5.19 Å². The van der Waals surface area contributed by atoms with Gasteiger partial charge in [0, 0.05) is 6.07 Å². The van der Waals surface area contributed by atoms with E-state index in [1.165, 1.54) is 16.8 Å². The molecule has 5 heteroatoms. The number of hydrogen-bond acceptors (Lipinski definition) is 3. The van der Waals surface area contributed by atoms with E-state index in [9.17, 15) is 10.1 Å². The largest absolute Gasteiger partial charge is 0.414 e. The molecule has 0 saturated heterocycles. The zero-order valence-electron chi connectivity index (χ0n) is 10.7. The van der Waals surface area contributed by atoms with Gasteiger partial charge in [-0.3, -0.25) is 10.1 Å². The predicted molar refractivity (Wildman–Crippen MR) is 77.2 cm³/mol. The minimum absolute atomic E-state index is 0.126. The molecule has 98 valence electrons. The Morgan fingerprint density at radius 2 is 1.84 bits per heavy atom. The molecule has 4 nitrogen and oxygen atoms in total. The van der Waals surface area contributed by atoms with Crippen LogP contribution in [-0.4, -0.2) is 14.7 Å². The van der Waals surface area contributed by atoms with E-state index in [2.05, 4.69) is 19.1 Å². The fraction of sp³-hybridized carbons (Fsp3) is 0.143. The van der Waals surface area contributed by atoms with Gasteiger partial charge in [0.2, 0.25) is 0 Å². The van der Waals surface area contributed by atoms with Gasteiger partial charge in [0.15, 0.2) is 9.76 Å². The summed E-state index contributed by atoms with van der Waals surface area (Å²) >= 11 is 0. The number of aryl methyl sites for hydroxylation is 1. The van der Waals surface area contributed by atoms with Gasteiger partial charge in [0.25, 0.3) is 5.69 Å². The van der Waals surface area contributed by atoms with Crippen molar-refractivity contribution in [2.75, 3.05) is 0 Å². The maximum absolute atomic E-state index is 10.9. The Labute approximate surface area is 114 Å². The molecule has 0 aromatic heterocycles. The third-order valence-corrected chi connectivity index (χ3v) is 4.48. The monoisotopic (exact) mass is 273 g/mol. The van der Waals surface area contributed by atoms with E-state index in [0.29, 0.717) is 12.2 Å². The Balaban J connectivity index is 2.00. The first-order valence-electron chi connectivity index (χ1n) is 6.03. The molecule has 19 heavy (non-hydrogen) atoms. The highest BCUT2D eigenvalue weighted by Crippen LogP contribution is 2.18. The predicted octanol–water partition coefficient (Wildman–Crippen LogP) is 1.83. The van der Waals surface area contributed by atoms with E-state index >= 15 is 0 Å². The topological polar surface area (TPSA) is 52.4 Å². The van der Waals surface area contributed by atoms with Crippen LogP contribution in [0.3, 0.4) is 0 Å². The molecular formula is C14H15NO3Si. The van der Waals surface area contributed by atoms with Crippen molar-refractivity contribution in [3.05, 3.63) is 69.8 Å². The minimum atomic E-state index is -0.847. The van der Waals surface area contributed by atoms with E-state index in [0.717, 1.165) is 0 Å². The van der Waals surface area contributed by atoms with Crippen molar-refractivity contribution in [3.63, 3.8) is 0 Å². The molecule has 0 aliphatic carbocycles. The molecule has 0 fully saturated rings. The van der Waals surface area contributed by atoms with Crippen LogP contribution in [0.2, 0.25) is 0 Å². The Bertz CT molecular complexity index is 586. The molecule has 0 heterocycles. The van der Waals surface area contributed by atoms with E-state index in [4.69, 9.17) is 4.43 Å². The van der Waals surface area contributed by atoms with Crippen LogP contribution in [0.4, 0.5) is 5.69 Å². The highest BCUT2D eigenvalue weighted by Gasteiger charge is 2.12. The molecule has 0 atom stereocenters. The first-order valence-corrected chi connectivity index (χ1v) is 7.31. The van der Waals surface area contributed by atoms with Crippen molar-refractivity contribution in [2.24, 2.45) is 0 Å². The summed E-state index contributed by atoms with van der Waals surface area (Å²) < 4.78 is 5.71. The van der Waals surface area contributed by atoms with Gasteiger partial charge in [-0.15, -0.1) is 0 Å². The molecule has 2 rings (SSSR count). The van der Waals surface area contributed by atoms with E-state index < -0.39 is 9.76 Å². The summed E-state index contributed by atoms with van der Waals surface area (Å²) in [4.78, 5) is 10.5. The zero-order valence-corrected chi connectivity index (χ0v) is 12.1. The molecule has 0 spiro atoms. The first kappa shape index (κ1) is 13.4. The van der Waals surface area contributed by atoms with Crippen LogP contribution in [0, 0.1) is 17.0 Å². The molecule has 0 aliphatic heterocycles. The lowest BCUT2D eigenvalue weighted by molar-refractivity contribution is -0.385. The normalized spacial score (nSPS) is 11.0. The fourth-order valence-corrected chi connectivity index (χ4v) is 2.97. The highest BCUT2D eigenvalue weighted by molar-refractivity contribution is 6.47. The lowest BCUT2D eigenvalue weighted by Gasteiger charge is -2.07. The molecule has 0 N–H and O–H groups in total. The Morgan fingerprint density at radius 3 is 2.58 bits per heavy atom. The van der Waals surface area contributed by atoms with Crippen molar-refractivity contribution in [1.82, 2.24) is 0 Å². The second-order valence-electron chi connectivity index (χ2n) is 4.31. The Hall–Kier alpha value is -1.98.